The lowest BCUT2D eigenvalue weighted by atomic mass is 10.0. The normalized spacial score (nSPS) is 14.5. The number of rotatable bonds is 7. The molecule has 0 amide bonds. The summed E-state index contributed by atoms with van der Waals surface area (Å²) in [5.74, 6) is -0.371. The van der Waals surface area contributed by atoms with Gasteiger partial charge in [0.2, 0.25) is 6.23 Å². The van der Waals surface area contributed by atoms with Crippen LogP contribution < -0.4 is 14.9 Å². The summed E-state index contributed by atoms with van der Waals surface area (Å²) in [5.41, 5.74) is 2.58. The second-order valence-corrected chi connectivity index (χ2v) is 8.19. The number of pyridine rings is 1. The minimum Gasteiger partial charge on any atom is -0.492 e. The van der Waals surface area contributed by atoms with Crippen LogP contribution >= 0.6 is 22.9 Å². The molecule has 8 nitrogen and oxygen atoms in total. The van der Waals surface area contributed by atoms with Crippen molar-refractivity contribution in [1.29, 1.82) is 0 Å². The highest BCUT2D eigenvalue weighted by atomic mass is 35.5. The van der Waals surface area contributed by atoms with E-state index in [0.717, 1.165) is 10.6 Å². The summed E-state index contributed by atoms with van der Waals surface area (Å²) in [5, 5.41) is 9.78. The molecule has 1 atom stereocenters. The molecule has 10 heteroatoms. The Hall–Kier alpha value is -2.88. The predicted octanol–water partition coefficient (Wildman–Crippen LogP) is 3.99. The van der Waals surface area contributed by atoms with Crippen molar-refractivity contribution >= 4 is 28.9 Å². The maximum Gasteiger partial charge on any atom is 0.341 e. The van der Waals surface area contributed by atoms with Gasteiger partial charge in [0.1, 0.15) is 17.1 Å². The third-order valence-corrected chi connectivity index (χ3v) is 6.13. The molecule has 3 aromatic rings. The summed E-state index contributed by atoms with van der Waals surface area (Å²) >= 11 is 7.81. The molecular formula is C21H19ClN2O6S. The van der Waals surface area contributed by atoms with Crippen molar-refractivity contribution in [3.63, 3.8) is 0 Å². The molecule has 1 aromatic carbocycles. The molecule has 162 valence electrons. The van der Waals surface area contributed by atoms with Crippen LogP contribution in [0.1, 0.15) is 33.6 Å². The van der Waals surface area contributed by atoms with Gasteiger partial charge < -0.3 is 23.9 Å². The first kappa shape index (κ1) is 21.4. The number of halogens is 1. The van der Waals surface area contributed by atoms with Gasteiger partial charge in [-0.3, -0.25) is 4.79 Å². The topological polar surface area (TPSA) is 99.9 Å². The van der Waals surface area contributed by atoms with Crippen molar-refractivity contribution in [3.05, 3.63) is 61.3 Å². The fraction of sp³-hybridized carbons (Fsp3) is 0.286. The van der Waals surface area contributed by atoms with E-state index in [2.05, 4.69) is 4.98 Å². The Labute approximate surface area is 186 Å². The van der Waals surface area contributed by atoms with Crippen LogP contribution in [0.25, 0.3) is 11.3 Å². The Morgan fingerprint density at radius 2 is 2.16 bits per heavy atom. The lowest BCUT2D eigenvalue weighted by molar-refractivity contribution is 0.0693. The second kappa shape index (κ2) is 8.70. The number of carboxylic acid groups (broad SMARTS) is 1. The van der Waals surface area contributed by atoms with Gasteiger partial charge in [0.15, 0.2) is 5.43 Å². The number of aromatic nitrogens is 2. The Morgan fingerprint density at radius 3 is 2.84 bits per heavy atom. The highest BCUT2D eigenvalue weighted by Gasteiger charge is 2.31. The number of methoxy groups -OCH3 is 1. The van der Waals surface area contributed by atoms with Gasteiger partial charge in [0, 0.05) is 44.0 Å². The summed E-state index contributed by atoms with van der Waals surface area (Å²) < 4.78 is 18.7. The van der Waals surface area contributed by atoms with E-state index < -0.39 is 17.6 Å². The standard InChI is InChI=1S/C21H19ClN2O6S/c1-11-19(31-10-23-11)20-24-9-13(21(26)27)16(25)7-15(24)12-6-14(22)18(8-17(12)30-20)29-5-3-4-28-2/h6-10,20H,3-5H2,1-2H3,(H,26,27)/t20-/m0/s1. The molecule has 3 heterocycles. The SMILES string of the molecule is COCCCOc1cc2c(cc1Cl)-c1cc(=O)c(C(=O)O)cn1[C@H](c1scnc1C)O2. The van der Waals surface area contributed by atoms with Crippen LogP contribution in [-0.4, -0.2) is 41.0 Å². The minimum absolute atomic E-state index is 0.341. The van der Waals surface area contributed by atoms with Crippen molar-refractivity contribution < 1.29 is 24.1 Å². The van der Waals surface area contributed by atoms with Gasteiger partial charge >= 0.3 is 5.97 Å². The van der Waals surface area contributed by atoms with E-state index in [-0.39, 0.29) is 5.56 Å². The maximum absolute atomic E-state index is 12.4. The van der Waals surface area contributed by atoms with Crippen LogP contribution in [0.4, 0.5) is 0 Å². The molecule has 4 rings (SSSR count). The van der Waals surface area contributed by atoms with Gasteiger partial charge in [0.25, 0.3) is 0 Å². The molecule has 0 fully saturated rings. The largest absolute Gasteiger partial charge is 0.492 e. The van der Waals surface area contributed by atoms with Crippen molar-refractivity contribution in [2.75, 3.05) is 20.3 Å². The fourth-order valence-electron chi connectivity index (χ4n) is 3.35. The Balaban J connectivity index is 1.84. The first-order chi connectivity index (χ1) is 14.9. The molecule has 1 aliphatic heterocycles. The van der Waals surface area contributed by atoms with Gasteiger partial charge in [-0.15, -0.1) is 11.3 Å². The Morgan fingerprint density at radius 1 is 1.35 bits per heavy atom. The summed E-state index contributed by atoms with van der Waals surface area (Å²) in [7, 11) is 1.62. The van der Waals surface area contributed by atoms with Crippen molar-refractivity contribution in [3.8, 4) is 22.8 Å². The van der Waals surface area contributed by atoms with Crippen molar-refractivity contribution in [2.24, 2.45) is 0 Å². The van der Waals surface area contributed by atoms with Crippen molar-refractivity contribution in [1.82, 2.24) is 9.55 Å². The van der Waals surface area contributed by atoms with Crippen LogP contribution in [0.3, 0.4) is 0 Å². The number of ether oxygens (including phenoxy) is 3. The quantitative estimate of drug-likeness (QED) is 0.530. The number of hydrogen-bond donors (Lipinski definition) is 1. The summed E-state index contributed by atoms with van der Waals surface area (Å²) in [4.78, 5) is 29.1. The van der Waals surface area contributed by atoms with Gasteiger partial charge in [-0.25, -0.2) is 9.78 Å². The van der Waals surface area contributed by atoms with Crippen LogP contribution in [0.15, 0.2) is 34.7 Å². The van der Waals surface area contributed by atoms with E-state index >= 15 is 0 Å². The molecule has 0 saturated carbocycles. The summed E-state index contributed by atoms with van der Waals surface area (Å²) in [6, 6.07) is 4.64. The first-order valence-corrected chi connectivity index (χ1v) is 10.7. The number of thiazole rings is 1. The van der Waals surface area contributed by atoms with Crippen molar-refractivity contribution in [2.45, 2.75) is 19.6 Å². The lowest BCUT2D eigenvalue weighted by Gasteiger charge is -2.31. The zero-order valence-electron chi connectivity index (χ0n) is 16.8. The predicted molar refractivity (Wildman–Crippen MR) is 116 cm³/mol. The lowest BCUT2D eigenvalue weighted by Crippen LogP contribution is -2.27. The molecule has 0 bridgehead atoms. The average Bonchev–Trinajstić information content (AvgIpc) is 3.16. The Kier molecular flexibility index (Phi) is 5.99. The van der Waals surface area contributed by atoms with Crippen LogP contribution in [0, 0.1) is 6.92 Å². The highest BCUT2D eigenvalue weighted by molar-refractivity contribution is 7.09. The summed E-state index contributed by atoms with van der Waals surface area (Å²) in [6.07, 6.45) is 1.32. The number of aromatic carboxylic acids is 1. The summed E-state index contributed by atoms with van der Waals surface area (Å²) in [6.45, 7) is 2.83. The number of hydrogen-bond acceptors (Lipinski definition) is 7. The van der Waals surface area contributed by atoms with E-state index in [9.17, 15) is 14.7 Å². The van der Waals surface area contributed by atoms with Gasteiger partial charge in [-0.05, 0) is 13.0 Å². The van der Waals surface area contributed by atoms with Crippen LogP contribution in [0.5, 0.6) is 11.5 Å². The van der Waals surface area contributed by atoms with Gasteiger partial charge in [-0.2, -0.15) is 0 Å². The molecule has 0 aliphatic carbocycles. The Bertz CT molecular complexity index is 1210. The van der Waals surface area contributed by atoms with E-state index in [4.69, 9.17) is 25.8 Å². The smallest absolute Gasteiger partial charge is 0.341 e. The maximum atomic E-state index is 12.4. The zero-order chi connectivity index (χ0) is 22.1. The molecule has 1 aliphatic rings. The van der Waals surface area contributed by atoms with Crippen LogP contribution in [-0.2, 0) is 4.74 Å². The number of carbonyl (C=O) groups is 1. The molecule has 31 heavy (non-hydrogen) atoms. The number of fused-ring (bicyclic) bond motifs is 3. The molecule has 2 aromatic heterocycles. The monoisotopic (exact) mass is 462 g/mol. The number of nitrogens with zero attached hydrogens (tertiary/aromatic N) is 2. The number of carboxylic acids is 1. The molecule has 0 saturated heterocycles. The van der Waals surface area contributed by atoms with Crippen LogP contribution in [0.2, 0.25) is 5.02 Å². The highest BCUT2D eigenvalue weighted by Crippen LogP contribution is 2.45. The minimum atomic E-state index is -1.30. The van der Waals surface area contributed by atoms with Gasteiger partial charge in [0.05, 0.1) is 33.4 Å². The molecule has 0 spiro atoms. The fourth-order valence-corrected chi connectivity index (χ4v) is 4.40. The van der Waals surface area contributed by atoms with E-state index in [1.807, 2.05) is 6.92 Å². The molecule has 0 unspecified atom stereocenters. The molecular weight excluding hydrogens is 444 g/mol. The third-order valence-electron chi connectivity index (χ3n) is 4.87. The molecule has 0 radical (unpaired) electrons. The second-order valence-electron chi connectivity index (χ2n) is 6.89. The average molecular weight is 463 g/mol. The van der Waals surface area contributed by atoms with E-state index in [0.29, 0.717) is 47.4 Å². The van der Waals surface area contributed by atoms with E-state index in [1.165, 1.54) is 23.6 Å². The zero-order valence-corrected chi connectivity index (χ0v) is 18.3. The third kappa shape index (κ3) is 4.04. The number of aryl methyl sites for hydroxylation is 1. The molecule has 1 N–H and O–H groups in total. The number of benzene rings is 1. The first-order valence-electron chi connectivity index (χ1n) is 9.42. The van der Waals surface area contributed by atoms with E-state index in [1.54, 1.807) is 29.3 Å². The van der Waals surface area contributed by atoms with Gasteiger partial charge in [-0.1, -0.05) is 11.6 Å².